The van der Waals surface area contributed by atoms with Gasteiger partial charge in [-0.2, -0.15) is 0 Å². The first-order chi connectivity index (χ1) is 49.7. The molecule has 0 radical (unpaired) electrons. The molecule has 5 unspecified atom stereocenters. The number of allylic oxidation sites excluding steroid dienone is 21. The molecule has 0 saturated heterocycles. The van der Waals surface area contributed by atoms with E-state index in [0.717, 1.165) is 161 Å². The van der Waals surface area contributed by atoms with Gasteiger partial charge in [-0.3, -0.25) is 37.3 Å². The summed E-state index contributed by atoms with van der Waals surface area (Å²) in [4.78, 5) is 72.9. The second-order valence-corrected chi connectivity index (χ2v) is 28.8. The monoisotopic (exact) mass is 1470 g/mol. The number of hydrogen-bond donors (Lipinski definition) is 3. The zero-order valence-electron chi connectivity index (χ0n) is 63.7. The van der Waals surface area contributed by atoms with Crippen molar-refractivity contribution in [1.29, 1.82) is 0 Å². The molecule has 0 heterocycles. The number of phosphoric acid groups is 2. The lowest BCUT2D eigenvalue weighted by molar-refractivity contribution is -0.161. The minimum atomic E-state index is -5.01. The average Bonchev–Trinajstić information content (AvgIpc) is 0.907. The van der Waals surface area contributed by atoms with Crippen molar-refractivity contribution >= 4 is 39.5 Å². The second-order valence-electron chi connectivity index (χ2n) is 25.9. The fourth-order valence-electron chi connectivity index (χ4n) is 10.2. The molecule has 0 aliphatic rings. The molecule has 0 amide bonds. The van der Waals surface area contributed by atoms with Crippen LogP contribution < -0.4 is 0 Å². The average molecular weight is 1470 g/mol. The Labute approximate surface area is 618 Å². The number of aliphatic hydroxyl groups is 1. The largest absolute Gasteiger partial charge is 0.472 e. The topological polar surface area (TPSA) is 237 Å². The van der Waals surface area contributed by atoms with E-state index in [9.17, 15) is 43.2 Å². The first-order valence-corrected chi connectivity index (χ1v) is 42.4. The number of unbranched alkanes of at least 4 members (excludes halogenated alkanes) is 26. The predicted molar refractivity (Wildman–Crippen MR) is 418 cm³/mol. The third-order valence-electron chi connectivity index (χ3n) is 16.1. The van der Waals surface area contributed by atoms with E-state index >= 15 is 0 Å². The Morgan fingerprint density at radius 3 is 0.912 bits per heavy atom. The molecule has 17 nitrogen and oxygen atoms in total. The summed E-state index contributed by atoms with van der Waals surface area (Å²) in [5.41, 5.74) is 0. The Hall–Kier alpha value is -4.80. The maximum absolute atomic E-state index is 13.1. The van der Waals surface area contributed by atoms with E-state index in [2.05, 4.69) is 137 Å². The first-order valence-electron chi connectivity index (χ1n) is 39.4. The van der Waals surface area contributed by atoms with Gasteiger partial charge in [-0.05, 0) is 116 Å². The van der Waals surface area contributed by atoms with E-state index < -0.39 is 97.5 Å². The van der Waals surface area contributed by atoms with E-state index in [1.165, 1.54) is 70.6 Å². The van der Waals surface area contributed by atoms with Crippen LogP contribution in [-0.4, -0.2) is 96.7 Å². The highest BCUT2D eigenvalue weighted by atomic mass is 31.2. The number of hydrogen-bond acceptors (Lipinski definition) is 15. The summed E-state index contributed by atoms with van der Waals surface area (Å²) >= 11 is 0. The van der Waals surface area contributed by atoms with Gasteiger partial charge in [0.15, 0.2) is 12.2 Å². The fraction of sp³-hybridized carbons (Fsp3) is 0.687. The summed E-state index contributed by atoms with van der Waals surface area (Å²) in [6, 6.07) is 0. The highest BCUT2D eigenvalue weighted by molar-refractivity contribution is 7.47. The highest BCUT2D eigenvalue weighted by Gasteiger charge is 2.30. The van der Waals surface area contributed by atoms with Crippen molar-refractivity contribution in [2.24, 2.45) is 0 Å². The van der Waals surface area contributed by atoms with Crippen molar-refractivity contribution in [2.45, 2.75) is 329 Å². The molecule has 5 atom stereocenters. The van der Waals surface area contributed by atoms with E-state index in [4.69, 9.17) is 37.0 Å². The fourth-order valence-corrected chi connectivity index (χ4v) is 11.8. The molecule has 0 aromatic heterocycles. The van der Waals surface area contributed by atoms with E-state index in [1.54, 1.807) is 12.2 Å². The SMILES string of the molecule is CC/C=C\C/C=C\C/C=C\C/C=C\C/C=C\CC(=O)OC(COC(=O)CCCCCCCC/C=C\C/C=C\C/C=C\C/C=C\CC)COP(=O)(O)OCC(O)COP(=O)(O)OCC(COC(=O)CCCCCCCCCCCCCCCCC)OC(=O)CCCCCCC/C=C\C/C=C\CCC. The lowest BCUT2D eigenvalue weighted by Gasteiger charge is -2.21. The van der Waals surface area contributed by atoms with Crippen LogP contribution in [-0.2, 0) is 65.4 Å². The minimum absolute atomic E-state index is 0.0758. The number of ether oxygens (including phenoxy) is 4. The molecular formula is C83H140O17P2. The van der Waals surface area contributed by atoms with Crippen molar-refractivity contribution < 1.29 is 80.2 Å². The molecule has 0 aliphatic carbocycles. The van der Waals surface area contributed by atoms with Gasteiger partial charge < -0.3 is 33.8 Å². The van der Waals surface area contributed by atoms with Gasteiger partial charge in [0.2, 0.25) is 0 Å². The lowest BCUT2D eigenvalue weighted by atomic mass is 10.0. The second kappa shape index (κ2) is 74.5. The van der Waals surface area contributed by atoms with E-state index in [0.29, 0.717) is 25.7 Å². The summed E-state index contributed by atoms with van der Waals surface area (Å²) in [6.07, 6.45) is 83.2. The van der Waals surface area contributed by atoms with Crippen molar-refractivity contribution in [3.63, 3.8) is 0 Å². The van der Waals surface area contributed by atoms with Gasteiger partial charge in [0.1, 0.15) is 19.3 Å². The summed E-state index contributed by atoms with van der Waals surface area (Å²) in [7, 11) is -9.99. The Morgan fingerprint density at radius 1 is 0.294 bits per heavy atom. The number of carbonyl (C=O) groups is 4. The standard InChI is InChI=1S/C83H140O17P2/c1-5-9-13-17-21-25-29-33-36-37-38-39-42-45-48-52-56-60-64-68-81(86)94-74-79(100-83(88)70-66-62-58-54-50-46-41-35-31-27-23-19-15-11-7-3)76-98-102(91,92)96-72-77(84)71-95-101(89,90)97-75-78(99-82(87)69-65-61-57-53-49-43-32-28-24-20-16-12-8-4)73-93-80(85)67-63-59-55-51-47-44-40-34-30-26-22-18-14-10-6-2/h9,11,13,15-16,20-21,23,25,27-28,32-33,35-36,38-39,41,50,54,62,66,77-79,84H,5-8,10,12,14,17-19,22,24,26,29-31,34,37,40,42-49,51-53,55-61,63-65,67-76H2,1-4H3,(H,89,90)(H,91,92)/b13-9-,15-11-,20-16-,25-21-,27-23-,32-28-,36-33-,39-38-,41-35-,54-50-,66-62-. The van der Waals surface area contributed by atoms with Gasteiger partial charge in [-0.1, -0.05) is 303 Å². The maximum Gasteiger partial charge on any atom is 0.472 e. The molecule has 0 bridgehead atoms. The van der Waals surface area contributed by atoms with Crippen LogP contribution in [0.15, 0.2) is 134 Å². The minimum Gasteiger partial charge on any atom is -0.462 e. The van der Waals surface area contributed by atoms with Gasteiger partial charge in [0, 0.05) is 19.3 Å². The molecule has 0 rings (SSSR count). The molecule has 0 fully saturated rings. The Bertz CT molecular complexity index is 2460. The van der Waals surface area contributed by atoms with Crippen LogP contribution in [0.3, 0.4) is 0 Å². The van der Waals surface area contributed by atoms with Crippen LogP contribution >= 0.6 is 15.6 Å². The molecule has 0 aromatic rings. The molecule has 584 valence electrons. The predicted octanol–water partition coefficient (Wildman–Crippen LogP) is 22.9. The van der Waals surface area contributed by atoms with Crippen LogP contribution in [0.1, 0.15) is 310 Å². The molecule has 102 heavy (non-hydrogen) atoms. The Balaban J connectivity index is 5.42. The highest BCUT2D eigenvalue weighted by Crippen LogP contribution is 2.45. The maximum atomic E-state index is 13.1. The number of carbonyl (C=O) groups excluding carboxylic acids is 4. The Morgan fingerprint density at radius 2 is 0.569 bits per heavy atom. The summed E-state index contributed by atoms with van der Waals surface area (Å²) in [5, 5.41) is 10.6. The van der Waals surface area contributed by atoms with Crippen molar-refractivity contribution in [3.05, 3.63) is 134 Å². The molecule has 0 aliphatic heterocycles. The quantitative estimate of drug-likeness (QED) is 0.0169. The Kier molecular flexibility index (Phi) is 71.0. The van der Waals surface area contributed by atoms with Crippen LogP contribution in [0, 0.1) is 0 Å². The van der Waals surface area contributed by atoms with Crippen molar-refractivity contribution in [3.8, 4) is 0 Å². The van der Waals surface area contributed by atoms with Gasteiger partial charge in [-0.15, -0.1) is 0 Å². The van der Waals surface area contributed by atoms with E-state index in [1.807, 2.05) is 12.2 Å². The molecule has 0 spiro atoms. The van der Waals surface area contributed by atoms with Crippen LogP contribution in [0.4, 0.5) is 0 Å². The summed E-state index contributed by atoms with van der Waals surface area (Å²) in [6.45, 7) is 4.45. The van der Waals surface area contributed by atoms with Gasteiger partial charge in [-0.25, -0.2) is 9.13 Å². The summed E-state index contributed by atoms with van der Waals surface area (Å²) < 4.78 is 68.4. The van der Waals surface area contributed by atoms with Gasteiger partial charge >= 0.3 is 39.5 Å². The molecule has 0 saturated carbocycles. The van der Waals surface area contributed by atoms with Crippen LogP contribution in [0.5, 0.6) is 0 Å². The van der Waals surface area contributed by atoms with Crippen molar-refractivity contribution in [1.82, 2.24) is 0 Å². The molecule has 3 N–H and O–H groups in total. The molecular weight excluding hydrogens is 1330 g/mol. The summed E-state index contributed by atoms with van der Waals surface area (Å²) in [5.74, 6) is -2.35. The smallest absolute Gasteiger partial charge is 0.462 e. The number of phosphoric ester groups is 2. The third kappa shape index (κ3) is 73.5. The number of rotatable bonds is 73. The zero-order chi connectivity index (χ0) is 74.6. The normalized spacial score (nSPS) is 14.6. The number of esters is 4. The van der Waals surface area contributed by atoms with Crippen LogP contribution in [0.25, 0.3) is 0 Å². The van der Waals surface area contributed by atoms with Crippen LogP contribution in [0.2, 0.25) is 0 Å². The lowest BCUT2D eigenvalue weighted by Crippen LogP contribution is -2.30. The van der Waals surface area contributed by atoms with Crippen molar-refractivity contribution in [2.75, 3.05) is 39.6 Å². The third-order valence-corrected chi connectivity index (χ3v) is 18.0. The van der Waals surface area contributed by atoms with Gasteiger partial charge in [0.05, 0.1) is 32.8 Å². The number of aliphatic hydroxyl groups excluding tert-OH is 1. The van der Waals surface area contributed by atoms with E-state index in [-0.39, 0.29) is 25.7 Å². The molecule has 19 heteroatoms. The molecule has 0 aromatic carbocycles. The zero-order valence-corrected chi connectivity index (χ0v) is 65.5. The van der Waals surface area contributed by atoms with Gasteiger partial charge in [0.25, 0.3) is 0 Å². The first kappa shape index (κ1) is 97.2.